The van der Waals surface area contributed by atoms with Gasteiger partial charge in [0.05, 0.1) is 5.56 Å². The highest BCUT2D eigenvalue weighted by molar-refractivity contribution is 7.80. The Bertz CT molecular complexity index is 339. The maximum absolute atomic E-state index is 8.61. The maximum atomic E-state index is 8.61. The molecule has 1 aromatic heterocycles. The zero-order chi connectivity index (χ0) is 9.52. The largest absolute Gasteiger partial charge is 0.263 e. The van der Waals surface area contributed by atoms with Crippen LogP contribution in [0.15, 0.2) is 24.5 Å². The number of hydrogen-bond donors (Lipinski definition) is 1. The molecular weight excluding hydrogens is 180 g/mol. The van der Waals surface area contributed by atoms with E-state index in [9.17, 15) is 0 Å². The van der Waals surface area contributed by atoms with Gasteiger partial charge in [-0.1, -0.05) is 12.2 Å². The highest BCUT2D eigenvalue weighted by Crippen LogP contribution is 2.04. The standard InChI is InChI=1S/C10H10N2S/c11-6-10-5-9(7-12-8-10)3-1-2-4-13/h1,3,5,7-8,13H,2,4H2. The average molecular weight is 190 g/mol. The van der Waals surface area contributed by atoms with Gasteiger partial charge in [-0.2, -0.15) is 17.9 Å². The van der Waals surface area contributed by atoms with E-state index in [4.69, 9.17) is 5.26 Å². The van der Waals surface area contributed by atoms with Gasteiger partial charge in [-0.15, -0.1) is 0 Å². The van der Waals surface area contributed by atoms with E-state index in [0.29, 0.717) is 5.56 Å². The molecule has 0 saturated carbocycles. The summed E-state index contributed by atoms with van der Waals surface area (Å²) >= 11 is 4.09. The zero-order valence-corrected chi connectivity index (χ0v) is 8.04. The van der Waals surface area contributed by atoms with Gasteiger partial charge in [0.15, 0.2) is 0 Å². The molecule has 0 aliphatic carbocycles. The monoisotopic (exact) mass is 190 g/mol. The molecular formula is C10H10N2S. The van der Waals surface area contributed by atoms with Crippen molar-refractivity contribution >= 4 is 18.7 Å². The number of allylic oxidation sites excluding steroid dienone is 1. The van der Waals surface area contributed by atoms with Crippen LogP contribution < -0.4 is 0 Å². The van der Waals surface area contributed by atoms with Crippen LogP contribution in [-0.4, -0.2) is 10.7 Å². The van der Waals surface area contributed by atoms with E-state index in [1.54, 1.807) is 12.4 Å². The number of nitriles is 1. The number of nitrogens with zero attached hydrogens (tertiary/aromatic N) is 2. The summed E-state index contributed by atoms with van der Waals surface area (Å²) in [4.78, 5) is 3.94. The molecule has 0 radical (unpaired) electrons. The molecule has 0 atom stereocenters. The molecule has 3 heteroatoms. The van der Waals surface area contributed by atoms with E-state index in [1.165, 1.54) is 0 Å². The fourth-order valence-corrected chi connectivity index (χ4v) is 1.05. The lowest BCUT2D eigenvalue weighted by Gasteiger charge is -1.92. The van der Waals surface area contributed by atoms with Gasteiger partial charge < -0.3 is 0 Å². The molecule has 0 fully saturated rings. The SMILES string of the molecule is N#Cc1cncc(C=CCCS)c1. The first-order valence-electron chi connectivity index (χ1n) is 3.99. The Morgan fingerprint density at radius 1 is 1.54 bits per heavy atom. The minimum Gasteiger partial charge on any atom is -0.263 e. The van der Waals surface area contributed by atoms with Gasteiger partial charge in [0.25, 0.3) is 0 Å². The summed E-state index contributed by atoms with van der Waals surface area (Å²) < 4.78 is 0. The van der Waals surface area contributed by atoms with Crippen molar-refractivity contribution in [3.8, 4) is 6.07 Å². The molecule has 0 amide bonds. The molecule has 0 bridgehead atoms. The van der Waals surface area contributed by atoms with Crippen molar-refractivity contribution in [2.75, 3.05) is 5.75 Å². The highest BCUT2D eigenvalue weighted by Gasteiger charge is 1.90. The van der Waals surface area contributed by atoms with Gasteiger partial charge in [0.1, 0.15) is 6.07 Å². The molecule has 0 aromatic carbocycles. The summed E-state index contributed by atoms with van der Waals surface area (Å²) in [6.45, 7) is 0. The molecule has 0 unspecified atom stereocenters. The molecule has 66 valence electrons. The van der Waals surface area contributed by atoms with E-state index >= 15 is 0 Å². The van der Waals surface area contributed by atoms with Gasteiger partial charge >= 0.3 is 0 Å². The number of rotatable bonds is 3. The van der Waals surface area contributed by atoms with Gasteiger partial charge in [-0.25, -0.2) is 0 Å². The van der Waals surface area contributed by atoms with E-state index in [0.717, 1.165) is 17.7 Å². The second kappa shape index (κ2) is 5.39. The van der Waals surface area contributed by atoms with Crippen LogP contribution in [0.25, 0.3) is 6.08 Å². The summed E-state index contributed by atoms with van der Waals surface area (Å²) in [6.07, 6.45) is 8.18. The Morgan fingerprint density at radius 3 is 3.08 bits per heavy atom. The lowest BCUT2D eigenvalue weighted by Crippen LogP contribution is -1.80. The lowest BCUT2D eigenvalue weighted by atomic mass is 10.2. The van der Waals surface area contributed by atoms with Crippen LogP contribution in [0.4, 0.5) is 0 Å². The normalized spacial score (nSPS) is 10.2. The second-order valence-electron chi connectivity index (χ2n) is 2.53. The third kappa shape index (κ3) is 3.30. The van der Waals surface area contributed by atoms with Crippen molar-refractivity contribution in [3.05, 3.63) is 35.7 Å². The van der Waals surface area contributed by atoms with Crippen LogP contribution >= 0.6 is 12.6 Å². The summed E-state index contributed by atoms with van der Waals surface area (Å²) in [5.41, 5.74) is 1.55. The first-order valence-corrected chi connectivity index (χ1v) is 4.62. The average Bonchev–Trinajstić information content (AvgIpc) is 2.19. The molecule has 0 spiro atoms. The Hall–Kier alpha value is -1.27. The Morgan fingerprint density at radius 2 is 2.38 bits per heavy atom. The third-order valence-corrected chi connectivity index (χ3v) is 1.75. The van der Waals surface area contributed by atoms with Crippen molar-refractivity contribution in [1.29, 1.82) is 5.26 Å². The van der Waals surface area contributed by atoms with Crippen molar-refractivity contribution < 1.29 is 0 Å². The van der Waals surface area contributed by atoms with Crippen LogP contribution in [0.5, 0.6) is 0 Å². The lowest BCUT2D eigenvalue weighted by molar-refractivity contribution is 1.25. The minimum absolute atomic E-state index is 0.591. The molecule has 0 N–H and O–H groups in total. The first-order chi connectivity index (χ1) is 6.36. The smallest absolute Gasteiger partial charge is 0.101 e. The number of hydrogen-bond acceptors (Lipinski definition) is 3. The van der Waals surface area contributed by atoms with E-state index < -0.39 is 0 Å². The summed E-state index contributed by atoms with van der Waals surface area (Å²) in [5.74, 6) is 0.835. The van der Waals surface area contributed by atoms with Crippen molar-refractivity contribution in [1.82, 2.24) is 4.98 Å². The summed E-state index contributed by atoms with van der Waals surface area (Å²) in [6, 6.07) is 3.85. The molecule has 13 heavy (non-hydrogen) atoms. The number of thiol groups is 1. The molecule has 1 rings (SSSR count). The number of pyridine rings is 1. The van der Waals surface area contributed by atoms with Crippen molar-refractivity contribution in [2.24, 2.45) is 0 Å². The van der Waals surface area contributed by atoms with E-state index in [1.807, 2.05) is 24.3 Å². The van der Waals surface area contributed by atoms with Crippen LogP contribution in [0.3, 0.4) is 0 Å². The van der Waals surface area contributed by atoms with Gasteiger partial charge in [-0.3, -0.25) is 4.98 Å². The van der Waals surface area contributed by atoms with E-state index in [2.05, 4.69) is 17.6 Å². The van der Waals surface area contributed by atoms with Crippen molar-refractivity contribution in [3.63, 3.8) is 0 Å². The van der Waals surface area contributed by atoms with Crippen LogP contribution in [0.1, 0.15) is 17.5 Å². The van der Waals surface area contributed by atoms with Crippen LogP contribution in [0.2, 0.25) is 0 Å². The molecule has 0 aliphatic heterocycles. The first kappa shape index (κ1) is 9.82. The molecule has 0 aliphatic rings. The zero-order valence-electron chi connectivity index (χ0n) is 7.14. The minimum atomic E-state index is 0.591. The van der Waals surface area contributed by atoms with Crippen molar-refractivity contribution in [2.45, 2.75) is 6.42 Å². The van der Waals surface area contributed by atoms with E-state index in [-0.39, 0.29) is 0 Å². The molecule has 1 aromatic rings. The van der Waals surface area contributed by atoms with Crippen LogP contribution in [0, 0.1) is 11.3 Å². The highest BCUT2D eigenvalue weighted by atomic mass is 32.1. The Labute approximate surface area is 83.3 Å². The quantitative estimate of drug-likeness (QED) is 0.742. The predicted octanol–water partition coefficient (Wildman–Crippen LogP) is 2.29. The third-order valence-electron chi connectivity index (χ3n) is 1.49. The second-order valence-corrected chi connectivity index (χ2v) is 2.98. The van der Waals surface area contributed by atoms with Gasteiger partial charge in [-0.05, 0) is 23.8 Å². The molecule has 1 heterocycles. The molecule has 2 nitrogen and oxygen atoms in total. The Balaban J connectivity index is 2.73. The Kier molecular flexibility index (Phi) is 4.07. The molecule has 0 saturated heterocycles. The fraction of sp³-hybridized carbons (Fsp3) is 0.200. The van der Waals surface area contributed by atoms with Gasteiger partial charge in [0.2, 0.25) is 0 Å². The number of aromatic nitrogens is 1. The topological polar surface area (TPSA) is 36.7 Å². The summed E-state index contributed by atoms with van der Waals surface area (Å²) in [7, 11) is 0. The predicted molar refractivity (Wildman–Crippen MR) is 56.5 cm³/mol. The summed E-state index contributed by atoms with van der Waals surface area (Å²) in [5, 5.41) is 8.61. The van der Waals surface area contributed by atoms with Crippen LogP contribution in [-0.2, 0) is 0 Å². The van der Waals surface area contributed by atoms with Gasteiger partial charge in [0, 0.05) is 12.4 Å². The fourth-order valence-electron chi connectivity index (χ4n) is 0.904. The maximum Gasteiger partial charge on any atom is 0.101 e.